The van der Waals surface area contributed by atoms with Gasteiger partial charge in [0, 0.05) is 48.3 Å². The molecule has 8 nitrogen and oxygen atoms in total. The summed E-state index contributed by atoms with van der Waals surface area (Å²) in [6.45, 7) is 12.2. The minimum absolute atomic E-state index is 0.141. The van der Waals surface area contributed by atoms with Crippen molar-refractivity contribution in [1.29, 1.82) is 0 Å². The molecule has 4 fully saturated rings. The Morgan fingerprint density at radius 2 is 1.56 bits per heavy atom. The van der Waals surface area contributed by atoms with Crippen LogP contribution in [-0.4, -0.2) is 69.0 Å². The number of rotatable bonds is 2. The molecule has 0 saturated heterocycles. The molecule has 0 aromatic rings. The number of aliphatic hydroxyl groups excluding tert-OH is 4. The molecule has 0 radical (unpaired) electrons. The zero-order valence-electron chi connectivity index (χ0n) is 19.4. The fourth-order valence-electron chi connectivity index (χ4n) is 8.38. The van der Waals surface area contributed by atoms with Gasteiger partial charge in [-0.25, -0.2) is 0 Å². The van der Waals surface area contributed by atoms with Gasteiger partial charge < -0.3 is 29.9 Å². The second-order valence-corrected chi connectivity index (χ2v) is 11.3. The van der Waals surface area contributed by atoms with E-state index in [4.69, 9.17) is 9.47 Å². The Morgan fingerprint density at radius 1 is 0.969 bits per heavy atom. The van der Waals surface area contributed by atoms with Crippen molar-refractivity contribution in [2.24, 2.45) is 34.0 Å². The van der Waals surface area contributed by atoms with E-state index in [2.05, 4.69) is 6.58 Å². The molecule has 4 N–H and O–H groups in total. The molecular formula is C24H36O8. The third kappa shape index (κ3) is 2.82. The van der Waals surface area contributed by atoms with Gasteiger partial charge in [-0.3, -0.25) is 9.59 Å². The Kier molecular flexibility index (Phi) is 5.37. The number of esters is 2. The average molecular weight is 453 g/mol. The SMILES string of the molecule is C=C1[C@@H]2C[C@H](O)[C@H]3[C@]4(C)[C@H]([C@@H](OC(C)=O)[C@H](O)[C@]3(C2)[C@@H]1O)C(C)(C)[C@@H](OC(C)=O)C[C@@H]4O. The maximum atomic E-state index is 12.2. The first-order chi connectivity index (χ1) is 14.7. The summed E-state index contributed by atoms with van der Waals surface area (Å²) >= 11 is 0. The Bertz CT molecular complexity index is 838. The molecule has 4 aliphatic carbocycles. The monoisotopic (exact) mass is 452 g/mol. The number of hydrogen-bond donors (Lipinski definition) is 4. The number of aliphatic hydroxyl groups is 4. The van der Waals surface area contributed by atoms with E-state index in [1.54, 1.807) is 0 Å². The number of fused-ring (bicyclic) bond motifs is 3. The highest BCUT2D eigenvalue weighted by atomic mass is 16.6. The standard InChI is InChI=1S/C24H36O8/c1-10-13-7-14(27)18-23(6)15(28)8-16(31-11(2)25)22(4,5)19(23)17(32-12(3)26)21(30)24(18,9-13)20(10)29/h13-21,27-30H,1,7-9H2,2-6H3/t13-,14+,15+,16+,17-,18+,19-,20-,21+,23-,24+/m1/s1. The zero-order valence-corrected chi connectivity index (χ0v) is 19.4. The lowest BCUT2D eigenvalue weighted by Gasteiger charge is -2.69. The normalized spacial score (nSPS) is 51.4. The van der Waals surface area contributed by atoms with Crippen LogP contribution in [0.3, 0.4) is 0 Å². The second-order valence-electron chi connectivity index (χ2n) is 11.3. The van der Waals surface area contributed by atoms with Gasteiger partial charge in [0.25, 0.3) is 0 Å². The summed E-state index contributed by atoms with van der Waals surface area (Å²) in [5, 5.41) is 45.9. The predicted molar refractivity (Wildman–Crippen MR) is 113 cm³/mol. The van der Waals surface area contributed by atoms with E-state index in [0.29, 0.717) is 18.4 Å². The maximum absolute atomic E-state index is 12.2. The number of ether oxygens (including phenoxy) is 2. The van der Waals surface area contributed by atoms with Crippen LogP contribution in [0.4, 0.5) is 0 Å². The highest BCUT2D eigenvalue weighted by Gasteiger charge is 2.78. The summed E-state index contributed by atoms with van der Waals surface area (Å²) in [4.78, 5) is 24.0. The van der Waals surface area contributed by atoms with Gasteiger partial charge in [-0.1, -0.05) is 27.4 Å². The van der Waals surface area contributed by atoms with Gasteiger partial charge in [-0.05, 0) is 24.3 Å². The van der Waals surface area contributed by atoms with E-state index in [1.165, 1.54) is 13.8 Å². The lowest BCUT2D eigenvalue weighted by molar-refractivity contribution is -0.322. The molecule has 4 saturated carbocycles. The predicted octanol–water partition coefficient (Wildman–Crippen LogP) is 0.942. The molecule has 32 heavy (non-hydrogen) atoms. The molecule has 4 aliphatic rings. The van der Waals surface area contributed by atoms with Crippen LogP contribution in [-0.2, 0) is 19.1 Å². The average Bonchev–Trinajstić information content (AvgIpc) is 2.85. The lowest BCUT2D eigenvalue weighted by atomic mass is 9.37. The molecule has 0 unspecified atom stereocenters. The Labute approximate surface area is 188 Å². The largest absolute Gasteiger partial charge is 0.462 e. The summed E-state index contributed by atoms with van der Waals surface area (Å²) in [5.74, 6) is -2.56. The fourth-order valence-corrected chi connectivity index (χ4v) is 8.38. The van der Waals surface area contributed by atoms with Crippen molar-refractivity contribution in [3.8, 4) is 0 Å². The molecule has 180 valence electrons. The van der Waals surface area contributed by atoms with Crippen molar-refractivity contribution in [3.05, 3.63) is 12.2 Å². The molecule has 8 heteroatoms. The van der Waals surface area contributed by atoms with Gasteiger partial charge in [0.2, 0.25) is 0 Å². The minimum Gasteiger partial charge on any atom is -0.462 e. The second kappa shape index (κ2) is 7.26. The molecule has 1 spiro atoms. The number of hydrogen-bond acceptors (Lipinski definition) is 8. The first-order valence-corrected chi connectivity index (χ1v) is 11.5. The van der Waals surface area contributed by atoms with Crippen LogP contribution < -0.4 is 0 Å². The van der Waals surface area contributed by atoms with E-state index in [1.807, 2.05) is 20.8 Å². The van der Waals surface area contributed by atoms with Gasteiger partial charge >= 0.3 is 11.9 Å². The van der Waals surface area contributed by atoms with Crippen LogP contribution in [0.2, 0.25) is 0 Å². The number of carbonyl (C=O) groups excluding carboxylic acids is 2. The summed E-state index contributed by atoms with van der Waals surface area (Å²) in [5.41, 5.74) is -2.47. The summed E-state index contributed by atoms with van der Waals surface area (Å²) in [6.07, 6.45) is -5.11. The van der Waals surface area contributed by atoms with Crippen molar-refractivity contribution < 1.29 is 39.5 Å². The van der Waals surface area contributed by atoms with Crippen molar-refractivity contribution in [2.75, 3.05) is 0 Å². The van der Waals surface area contributed by atoms with E-state index < -0.39 is 76.6 Å². The van der Waals surface area contributed by atoms with Crippen molar-refractivity contribution >= 4 is 11.9 Å². The third-order valence-electron chi connectivity index (χ3n) is 9.40. The van der Waals surface area contributed by atoms with Gasteiger partial charge in [0.05, 0.1) is 18.3 Å². The van der Waals surface area contributed by atoms with Gasteiger partial charge in [-0.2, -0.15) is 0 Å². The van der Waals surface area contributed by atoms with Crippen LogP contribution in [0.5, 0.6) is 0 Å². The van der Waals surface area contributed by atoms with Crippen LogP contribution >= 0.6 is 0 Å². The van der Waals surface area contributed by atoms with Crippen LogP contribution in [0.15, 0.2) is 12.2 Å². The molecule has 0 heterocycles. The summed E-state index contributed by atoms with van der Waals surface area (Å²) < 4.78 is 11.3. The quantitative estimate of drug-likeness (QED) is 0.359. The summed E-state index contributed by atoms with van der Waals surface area (Å²) in [6, 6.07) is 0. The topological polar surface area (TPSA) is 134 Å². The van der Waals surface area contributed by atoms with E-state index in [9.17, 15) is 30.0 Å². The lowest BCUT2D eigenvalue weighted by Crippen LogP contribution is -2.76. The molecule has 0 amide bonds. The first kappa shape index (κ1) is 23.7. The maximum Gasteiger partial charge on any atom is 0.303 e. The third-order valence-corrected chi connectivity index (χ3v) is 9.40. The molecule has 0 aliphatic heterocycles. The minimum atomic E-state index is -1.29. The smallest absolute Gasteiger partial charge is 0.303 e. The van der Waals surface area contributed by atoms with Crippen LogP contribution in [0.25, 0.3) is 0 Å². The molecule has 4 rings (SSSR count). The molecule has 0 aromatic heterocycles. The fraction of sp³-hybridized carbons (Fsp3) is 0.833. The Hall–Kier alpha value is -1.48. The highest BCUT2D eigenvalue weighted by molar-refractivity contribution is 5.67. The zero-order chi connectivity index (χ0) is 24.0. The van der Waals surface area contributed by atoms with E-state index >= 15 is 0 Å². The van der Waals surface area contributed by atoms with Crippen LogP contribution in [0.1, 0.15) is 53.9 Å². The highest BCUT2D eigenvalue weighted by Crippen LogP contribution is 2.72. The summed E-state index contributed by atoms with van der Waals surface area (Å²) in [7, 11) is 0. The molecule has 11 atom stereocenters. The van der Waals surface area contributed by atoms with Crippen molar-refractivity contribution in [2.45, 2.75) is 90.5 Å². The van der Waals surface area contributed by atoms with Gasteiger partial charge in [0.1, 0.15) is 18.3 Å². The van der Waals surface area contributed by atoms with Crippen molar-refractivity contribution in [1.82, 2.24) is 0 Å². The van der Waals surface area contributed by atoms with Crippen molar-refractivity contribution in [3.63, 3.8) is 0 Å². The first-order valence-electron chi connectivity index (χ1n) is 11.5. The molecule has 0 aromatic carbocycles. The Balaban J connectivity index is 1.94. The van der Waals surface area contributed by atoms with Gasteiger partial charge in [-0.15, -0.1) is 0 Å². The Morgan fingerprint density at radius 3 is 2.12 bits per heavy atom. The number of carbonyl (C=O) groups is 2. The van der Waals surface area contributed by atoms with E-state index in [0.717, 1.165) is 0 Å². The van der Waals surface area contributed by atoms with Crippen LogP contribution in [0, 0.1) is 34.0 Å². The van der Waals surface area contributed by atoms with E-state index in [-0.39, 0.29) is 12.3 Å². The molecular weight excluding hydrogens is 416 g/mol. The molecule has 2 bridgehead atoms. The van der Waals surface area contributed by atoms with Gasteiger partial charge in [0.15, 0.2) is 0 Å².